The van der Waals surface area contributed by atoms with Gasteiger partial charge >= 0.3 is 5.97 Å². The summed E-state index contributed by atoms with van der Waals surface area (Å²) in [5.74, 6) is -0.854. The Morgan fingerprint density at radius 2 is 2.00 bits per heavy atom. The van der Waals surface area contributed by atoms with Gasteiger partial charge in [-0.25, -0.2) is 0 Å². The number of rotatable bonds is 5. The second-order valence-corrected chi connectivity index (χ2v) is 6.21. The molecular formula is C14H18BrNO4. The smallest absolute Gasteiger partial charge is 0.323 e. The first-order chi connectivity index (χ1) is 9.20. The normalized spacial score (nSPS) is 11.0. The molecule has 0 aromatic heterocycles. The lowest BCUT2D eigenvalue weighted by Gasteiger charge is -2.34. The standard InChI is InChI=1S/C14H18BrNO4/c1-14(2,3)16(8-13(18)19)12(17)9-20-11-6-4-5-10(15)7-11/h4-7H,8-9H2,1-3H3,(H,18,19). The maximum atomic E-state index is 12.1. The van der Waals surface area contributed by atoms with E-state index < -0.39 is 11.5 Å². The van der Waals surface area contributed by atoms with Crippen molar-refractivity contribution in [3.63, 3.8) is 0 Å². The van der Waals surface area contributed by atoms with Crippen molar-refractivity contribution in [2.24, 2.45) is 0 Å². The molecule has 20 heavy (non-hydrogen) atoms. The van der Waals surface area contributed by atoms with Crippen molar-refractivity contribution < 1.29 is 19.4 Å². The zero-order valence-electron chi connectivity index (χ0n) is 11.7. The summed E-state index contributed by atoms with van der Waals surface area (Å²) in [5.41, 5.74) is -0.573. The van der Waals surface area contributed by atoms with E-state index in [0.717, 1.165) is 4.47 Å². The molecule has 1 N–H and O–H groups in total. The van der Waals surface area contributed by atoms with Gasteiger partial charge in [-0.15, -0.1) is 0 Å². The number of carbonyl (C=O) groups is 2. The van der Waals surface area contributed by atoms with Crippen LogP contribution in [0.1, 0.15) is 20.8 Å². The van der Waals surface area contributed by atoms with Crippen LogP contribution in [-0.4, -0.2) is 40.6 Å². The van der Waals surface area contributed by atoms with Crippen LogP contribution in [-0.2, 0) is 9.59 Å². The van der Waals surface area contributed by atoms with E-state index in [1.807, 2.05) is 6.07 Å². The van der Waals surface area contributed by atoms with Crippen LogP contribution in [0.15, 0.2) is 28.7 Å². The van der Waals surface area contributed by atoms with E-state index >= 15 is 0 Å². The van der Waals surface area contributed by atoms with Gasteiger partial charge in [-0.1, -0.05) is 22.0 Å². The molecule has 1 rings (SSSR count). The summed E-state index contributed by atoms with van der Waals surface area (Å²) in [6, 6.07) is 7.12. The van der Waals surface area contributed by atoms with Crippen molar-refractivity contribution in [3.05, 3.63) is 28.7 Å². The van der Waals surface area contributed by atoms with Gasteiger partial charge in [-0.3, -0.25) is 9.59 Å². The molecule has 0 aliphatic rings. The van der Waals surface area contributed by atoms with Gasteiger partial charge in [0.2, 0.25) is 0 Å². The Morgan fingerprint density at radius 3 is 2.50 bits per heavy atom. The molecule has 0 saturated heterocycles. The third kappa shape index (κ3) is 5.21. The van der Waals surface area contributed by atoms with Crippen molar-refractivity contribution in [1.82, 2.24) is 4.90 Å². The van der Waals surface area contributed by atoms with Crippen molar-refractivity contribution in [1.29, 1.82) is 0 Å². The topological polar surface area (TPSA) is 66.8 Å². The first-order valence-corrected chi connectivity index (χ1v) is 6.90. The molecule has 0 spiro atoms. The van der Waals surface area contributed by atoms with Gasteiger partial charge in [0.1, 0.15) is 12.3 Å². The molecule has 6 heteroatoms. The molecule has 110 valence electrons. The summed E-state index contributed by atoms with van der Waals surface area (Å²) < 4.78 is 6.24. The highest BCUT2D eigenvalue weighted by molar-refractivity contribution is 9.10. The third-order valence-corrected chi connectivity index (χ3v) is 3.06. The number of ether oxygens (including phenoxy) is 1. The fourth-order valence-electron chi connectivity index (χ4n) is 1.61. The van der Waals surface area contributed by atoms with Crippen LogP contribution in [0.5, 0.6) is 5.75 Å². The monoisotopic (exact) mass is 343 g/mol. The Kier molecular flexibility index (Phi) is 5.56. The number of amides is 1. The summed E-state index contributed by atoms with van der Waals surface area (Å²) in [6.45, 7) is 4.82. The van der Waals surface area contributed by atoms with Crippen molar-refractivity contribution in [2.45, 2.75) is 26.3 Å². The summed E-state index contributed by atoms with van der Waals surface area (Å²) in [6.07, 6.45) is 0. The largest absolute Gasteiger partial charge is 0.484 e. The predicted molar refractivity (Wildman–Crippen MR) is 78.7 cm³/mol. The SMILES string of the molecule is CC(C)(C)N(CC(=O)O)C(=O)COc1cccc(Br)c1. The second-order valence-electron chi connectivity index (χ2n) is 5.29. The minimum Gasteiger partial charge on any atom is -0.484 e. The Hall–Kier alpha value is -1.56. The zero-order valence-corrected chi connectivity index (χ0v) is 13.3. The quantitative estimate of drug-likeness (QED) is 0.891. The lowest BCUT2D eigenvalue weighted by Crippen LogP contribution is -2.50. The maximum Gasteiger partial charge on any atom is 0.323 e. The van der Waals surface area contributed by atoms with Crippen LogP contribution >= 0.6 is 15.9 Å². The molecule has 0 heterocycles. The Labute approximate surface area is 126 Å². The molecule has 1 amide bonds. The Bertz CT molecular complexity index is 496. The molecule has 0 radical (unpaired) electrons. The van der Waals surface area contributed by atoms with Crippen LogP contribution in [0.4, 0.5) is 0 Å². The van der Waals surface area contributed by atoms with Gasteiger partial charge in [-0.05, 0) is 39.0 Å². The maximum absolute atomic E-state index is 12.1. The highest BCUT2D eigenvalue weighted by Crippen LogP contribution is 2.18. The van der Waals surface area contributed by atoms with E-state index in [-0.39, 0.29) is 19.1 Å². The number of carbonyl (C=O) groups excluding carboxylic acids is 1. The number of hydrogen-bond donors (Lipinski definition) is 1. The average Bonchev–Trinajstić information content (AvgIpc) is 2.31. The predicted octanol–water partition coefficient (Wildman–Crippen LogP) is 2.54. The molecule has 0 atom stereocenters. The van der Waals surface area contributed by atoms with Gasteiger partial charge in [0.25, 0.3) is 5.91 Å². The highest BCUT2D eigenvalue weighted by Gasteiger charge is 2.28. The van der Waals surface area contributed by atoms with E-state index in [0.29, 0.717) is 5.75 Å². The van der Waals surface area contributed by atoms with E-state index in [1.165, 1.54) is 4.90 Å². The molecule has 0 saturated carbocycles. The van der Waals surface area contributed by atoms with E-state index in [2.05, 4.69) is 15.9 Å². The third-order valence-electron chi connectivity index (χ3n) is 2.56. The molecule has 1 aromatic rings. The second kappa shape index (κ2) is 6.74. The van der Waals surface area contributed by atoms with Gasteiger partial charge in [0.05, 0.1) is 0 Å². The lowest BCUT2D eigenvalue weighted by molar-refractivity contribution is -0.149. The summed E-state index contributed by atoms with van der Waals surface area (Å²) >= 11 is 3.31. The number of benzene rings is 1. The average molecular weight is 344 g/mol. The van der Waals surface area contributed by atoms with Crippen LogP contribution < -0.4 is 4.74 Å². The van der Waals surface area contributed by atoms with Gasteiger partial charge in [0, 0.05) is 10.0 Å². The van der Waals surface area contributed by atoms with Crippen LogP contribution in [0.2, 0.25) is 0 Å². The van der Waals surface area contributed by atoms with Crippen molar-refractivity contribution in [2.75, 3.05) is 13.2 Å². The van der Waals surface area contributed by atoms with Gasteiger partial charge in [0.15, 0.2) is 6.61 Å². The molecule has 0 aliphatic heterocycles. The first-order valence-electron chi connectivity index (χ1n) is 6.11. The van der Waals surface area contributed by atoms with Crippen LogP contribution in [0, 0.1) is 0 Å². The summed E-state index contributed by atoms with van der Waals surface area (Å²) in [4.78, 5) is 24.2. The van der Waals surface area contributed by atoms with Crippen LogP contribution in [0.25, 0.3) is 0 Å². The molecule has 0 aliphatic carbocycles. The summed E-state index contributed by atoms with van der Waals surface area (Å²) in [7, 11) is 0. The molecule has 1 aromatic carbocycles. The van der Waals surface area contributed by atoms with Gasteiger partial charge in [-0.2, -0.15) is 0 Å². The number of carboxylic acids is 1. The fourth-order valence-corrected chi connectivity index (χ4v) is 1.99. The van der Waals surface area contributed by atoms with E-state index in [4.69, 9.17) is 9.84 Å². The van der Waals surface area contributed by atoms with E-state index in [9.17, 15) is 9.59 Å². The molecular weight excluding hydrogens is 326 g/mol. The Morgan fingerprint density at radius 1 is 1.35 bits per heavy atom. The number of hydrogen-bond acceptors (Lipinski definition) is 3. The zero-order chi connectivity index (χ0) is 15.3. The minimum atomic E-state index is -1.05. The first kappa shape index (κ1) is 16.5. The number of carboxylic acid groups (broad SMARTS) is 1. The molecule has 5 nitrogen and oxygen atoms in total. The van der Waals surface area contributed by atoms with Gasteiger partial charge < -0.3 is 14.7 Å². The molecule has 0 unspecified atom stereocenters. The van der Waals surface area contributed by atoms with Crippen molar-refractivity contribution in [3.8, 4) is 5.75 Å². The van der Waals surface area contributed by atoms with Crippen LogP contribution in [0.3, 0.4) is 0 Å². The van der Waals surface area contributed by atoms with E-state index in [1.54, 1.807) is 39.0 Å². The summed E-state index contributed by atoms with van der Waals surface area (Å²) in [5, 5.41) is 8.88. The number of aliphatic carboxylic acids is 1. The molecule has 0 bridgehead atoms. The fraction of sp³-hybridized carbons (Fsp3) is 0.429. The number of nitrogens with zero attached hydrogens (tertiary/aromatic N) is 1. The van der Waals surface area contributed by atoms with Crippen molar-refractivity contribution >= 4 is 27.8 Å². The Balaban J connectivity index is 2.69. The molecule has 0 fully saturated rings. The highest BCUT2D eigenvalue weighted by atomic mass is 79.9. The lowest BCUT2D eigenvalue weighted by atomic mass is 10.1. The minimum absolute atomic E-state index is 0.193. The number of halogens is 1.